The fourth-order valence-electron chi connectivity index (χ4n) is 3.48. The number of rotatable bonds is 5. The van der Waals surface area contributed by atoms with E-state index in [9.17, 15) is 10.1 Å². The van der Waals surface area contributed by atoms with Crippen LogP contribution in [0.5, 0.6) is 5.88 Å². The van der Waals surface area contributed by atoms with Gasteiger partial charge in [0.25, 0.3) is 5.69 Å². The molecule has 2 aromatic rings. The highest BCUT2D eigenvalue weighted by Crippen LogP contribution is 2.33. The van der Waals surface area contributed by atoms with Gasteiger partial charge in [-0.1, -0.05) is 6.07 Å². The molecule has 0 radical (unpaired) electrons. The van der Waals surface area contributed by atoms with Crippen LogP contribution in [0.25, 0.3) is 0 Å². The van der Waals surface area contributed by atoms with Gasteiger partial charge in [-0.3, -0.25) is 10.1 Å². The third kappa shape index (κ3) is 2.99. The number of non-ortho nitro benzene ring substituents is 1. The average molecular weight is 330 g/mol. The van der Waals surface area contributed by atoms with Crippen molar-refractivity contribution >= 4 is 5.69 Å². The second-order valence-electron chi connectivity index (χ2n) is 6.16. The highest BCUT2D eigenvalue weighted by molar-refractivity contribution is 5.43. The zero-order valence-corrected chi connectivity index (χ0v) is 14.2. The highest BCUT2D eigenvalue weighted by Gasteiger charge is 2.23. The topological polar surface area (TPSA) is 82.2 Å². The predicted octanol–water partition coefficient (Wildman–Crippen LogP) is 2.81. The van der Waals surface area contributed by atoms with E-state index in [4.69, 9.17) is 4.74 Å². The number of methoxy groups -OCH3 is 1. The fourth-order valence-corrected chi connectivity index (χ4v) is 3.48. The van der Waals surface area contributed by atoms with Crippen molar-refractivity contribution in [2.45, 2.75) is 38.8 Å². The van der Waals surface area contributed by atoms with E-state index >= 15 is 0 Å². The molecule has 0 aliphatic heterocycles. The lowest BCUT2D eigenvalue weighted by atomic mass is 9.87. The first kappa shape index (κ1) is 16.4. The van der Waals surface area contributed by atoms with Gasteiger partial charge < -0.3 is 10.1 Å². The van der Waals surface area contributed by atoms with Crippen LogP contribution in [0.2, 0.25) is 0 Å². The Hall–Kier alpha value is -2.41. The van der Waals surface area contributed by atoms with Crippen molar-refractivity contribution in [3.05, 3.63) is 50.7 Å². The number of nitro groups is 1. The molecule has 1 atom stereocenters. The molecule has 0 saturated heterocycles. The fraction of sp³-hybridized carbons (Fsp3) is 0.471. The molecule has 1 heterocycles. The Morgan fingerprint density at radius 2 is 2.29 bits per heavy atom. The van der Waals surface area contributed by atoms with Gasteiger partial charge in [0, 0.05) is 31.8 Å². The van der Waals surface area contributed by atoms with Gasteiger partial charge >= 0.3 is 0 Å². The first-order valence-electron chi connectivity index (χ1n) is 8.08. The molecule has 24 heavy (non-hydrogen) atoms. The third-order valence-corrected chi connectivity index (χ3v) is 4.66. The van der Waals surface area contributed by atoms with Gasteiger partial charge in [0.15, 0.2) is 0 Å². The first-order chi connectivity index (χ1) is 11.5. The van der Waals surface area contributed by atoms with Crippen molar-refractivity contribution in [3.8, 4) is 5.88 Å². The van der Waals surface area contributed by atoms with E-state index in [2.05, 4.69) is 10.4 Å². The van der Waals surface area contributed by atoms with Crippen LogP contribution in [0.15, 0.2) is 18.2 Å². The molecule has 1 aromatic carbocycles. The number of aromatic nitrogens is 2. The van der Waals surface area contributed by atoms with Crippen molar-refractivity contribution in [2.24, 2.45) is 7.05 Å². The van der Waals surface area contributed by atoms with Gasteiger partial charge in [-0.25, -0.2) is 4.68 Å². The summed E-state index contributed by atoms with van der Waals surface area (Å²) in [6, 6.07) is 5.30. The smallest absolute Gasteiger partial charge is 0.269 e. The summed E-state index contributed by atoms with van der Waals surface area (Å²) >= 11 is 0. The largest absolute Gasteiger partial charge is 0.481 e. The molecule has 128 valence electrons. The lowest BCUT2D eigenvalue weighted by molar-refractivity contribution is -0.385. The zero-order chi connectivity index (χ0) is 17.3. The van der Waals surface area contributed by atoms with Crippen molar-refractivity contribution < 1.29 is 9.66 Å². The summed E-state index contributed by atoms with van der Waals surface area (Å²) in [5, 5.41) is 19.0. The number of nitro benzene ring substituents is 1. The minimum Gasteiger partial charge on any atom is -0.481 e. The molecule has 1 aromatic heterocycles. The number of hydrogen-bond acceptors (Lipinski definition) is 5. The van der Waals surface area contributed by atoms with E-state index in [1.54, 1.807) is 23.9 Å². The van der Waals surface area contributed by atoms with Crippen LogP contribution in [-0.4, -0.2) is 21.8 Å². The standard InChI is InChI=1S/C17H22N4O3/c1-11-15(17(24-3)20(2)19-11)10-18-16-6-4-5-12-7-8-13(21(22)23)9-14(12)16/h7-9,16,18H,4-6,10H2,1-3H3/t16-/m1/s1. The van der Waals surface area contributed by atoms with E-state index in [0.717, 1.165) is 42.0 Å². The van der Waals surface area contributed by atoms with Crippen LogP contribution in [0.4, 0.5) is 5.69 Å². The van der Waals surface area contributed by atoms with Crippen LogP contribution in [0.3, 0.4) is 0 Å². The number of nitrogens with zero attached hydrogens (tertiary/aromatic N) is 3. The van der Waals surface area contributed by atoms with Crippen LogP contribution < -0.4 is 10.1 Å². The first-order valence-corrected chi connectivity index (χ1v) is 8.08. The zero-order valence-electron chi connectivity index (χ0n) is 14.2. The van der Waals surface area contributed by atoms with E-state index in [-0.39, 0.29) is 16.7 Å². The maximum Gasteiger partial charge on any atom is 0.269 e. The van der Waals surface area contributed by atoms with Crippen molar-refractivity contribution in [3.63, 3.8) is 0 Å². The summed E-state index contributed by atoms with van der Waals surface area (Å²) in [4.78, 5) is 10.7. The Bertz CT molecular complexity index is 769. The Kier molecular flexibility index (Phi) is 4.53. The van der Waals surface area contributed by atoms with Crippen molar-refractivity contribution in [1.29, 1.82) is 0 Å². The highest BCUT2D eigenvalue weighted by atomic mass is 16.6. The van der Waals surface area contributed by atoms with Crippen molar-refractivity contribution in [1.82, 2.24) is 15.1 Å². The van der Waals surface area contributed by atoms with Gasteiger partial charge in [0.2, 0.25) is 5.88 Å². The maximum absolute atomic E-state index is 11.1. The number of ether oxygens (including phenoxy) is 1. The molecule has 1 aliphatic rings. The van der Waals surface area contributed by atoms with Crippen LogP contribution in [0.1, 0.15) is 41.3 Å². The molecular formula is C17H22N4O3. The Morgan fingerprint density at radius 3 is 3.00 bits per heavy atom. The quantitative estimate of drug-likeness (QED) is 0.673. The molecule has 0 fully saturated rings. The summed E-state index contributed by atoms with van der Waals surface area (Å²) in [6.45, 7) is 2.58. The van der Waals surface area contributed by atoms with E-state index in [1.165, 1.54) is 5.56 Å². The summed E-state index contributed by atoms with van der Waals surface area (Å²) < 4.78 is 7.16. The van der Waals surface area contributed by atoms with E-state index < -0.39 is 0 Å². The lowest BCUT2D eigenvalue weighted by Crippen LogP contribution is -2.25. The molecule has 0 saturated carbocycles. The monoisotopic (exact) mass is 330 g/mol. The average Bonchev–Trinajstić information content (AvgIpc) is 2.85. The summed E-state index contributed by atoms with van der Waals surface area (Å²) in [6.07, 6.45) is 3.02. The molecule has 1 N–H and O–H groups in total. The minimum atomic E-state index is -0.333. The Labute approximate surface area is 140 Å². The van der Waals surface area contributed by atoms with Gasteiger partial charge in [-0.2, -0.15) is 5.10 Å². The van der Waals surface area contributed by atoms with Gasteiger partial charge in [-0.05, 0) is 37.3 Å². The van der Waals surface area contributed by atoms with Gasteiger partial charge in [-0.15, -0.1) is 0 Å². The van der Waals surface area contributed by atoms with Gasteiger partial charge in [0.05, 0.1) is 23.3 Å². The Balaban J connectivity index is 1.83. The molecule has 0 spiro atoms. The molecule has 7 nitrogen and oxygen atoms in total. The molecule has 7 heteroatoms. The number of nitrogens with one attached hydrogen (secondary N) is 1. The van der Waals surface area contributed by atoms with Gasteiger partial charge in [0.1, 0.15) is 0 Å². The Morgan fingerprint density at radius 1 is 1.50 bits per heavy atom. The second-order valence-corrected chi connectivity index (χ2v) is 6.16. The van der Waals surface area contributed by atoms with Crippen LogP contribution >= 0.6 is 0 Å². The number of aryl methyl sites for hydroxylation is 3. The number of benzene rings is 1. The lowest BCUT2D eigenvalue weighted by Gasteiger charge is -2.26. The molecular weight excluding hydrogens is 308 g/mol. The summed E-state index contributed by atoms with van der Waals surface area (Å²) in [5.41, 5.74) is 4.34. The molecule has 3 rings (SSSR count). The van der Waals surface area contributed by atoms with E-state index in [1.807, 2.05) is 20.0 Å². The molecule has 0 unspecified atom stereocenters. The molecule has 1 aliphatic carbocycles. The van der Waals surface area contributed by atoms with E-state index in [0.29, 0.717) is 6.54 Å². The third-order valence-electron chi connectivity index (χ3n) is 4.66. The minimum absolute atomic E-state index is 0.109. The summed E-state index contributed by atoms with van der Waals surface area (Å²) in [5.74, 6) is 0.745. The number of hydrogen-bond donors (Lipinski definition) is 1. The maximum atomic E-state index is 11.1. The molecule has 0 bridgehead atoms. The number of fused-ring (bicyclic) bond motifs is 1. The second kappa shape index (κ2) is 6.60. The van der Waals surface area contributed by atoms with Crippen molar-refractivity contribution in [2.75, 3.05) is 7.11 Å². The SMILES string of the molecule is COc1c(CN[C@@H]2CCCc3ccc([N+](=O)[O-])cc32)c(C)nn1C. The summed E-state index contributed by atoms with van der Waals surface area (Å²) in [7, 11) is 3.49. The predicted molar refractivity (Wildman–Crippen MR) is 90.1 cm³/mol. The van der Waals surface area contributed by atoms with Crippen LogP contribution in [0, 0.1) is 17.0 Å². The van der Waals surface area contributed by atoms with Crippen LogP contribution in [-0.2, 0) is 20.0 Å². The normalized spacial score (nSPS) is 16.7. The molecule has 0 amide bonds.